The van der Waals surface area contributed by atoms with E-state index in [-0.39, 0.29) is 11.8 Å². The van der Waals surface area contributed by atoms with Crippen LogP contribution in [0.15, 0.2) is 0 Å². The molecule has 1 aliphatic rings. The van der Waals surface area contributed by atoms with Crippen LogP contribution < -0.4 is 5.32 Å². The van der Waals surface area contributed by atoms with E-state index in [2.05, 4.69) is 12.2 Å². The normalized spacial score (nSPS) is 30.4. The van der Waals surface area contributed by atoms with Gasteiger partial charge in [0.15, 0.2) is 0 Å². The van der Waals surface area contributed by atoms with Gasteiger partial charge in [0, 0.05) is 12.5 Å². The molecule has 1 rings (SSSR count). The lowest BCUT2D eigenvalue weighted by molar-refractivity contribution is -0.121. The van der Waals surface area contributed by atoms with Gasteiger partial charge in [-0.3, -0.25) is 4.79 Å². The van der Waals surface area contributed by atoms with Crippen molar-refractivity contribution >= 4 is 5.91 Å². The Morgan fingerprint density at radius 3 is 2.71 bits per heavy atom. The van der Waals surface area contributed by atoms with Crippen molar-refractivity contribution in [2.75, 3.05) is 6.54 Å². The van der Waals surface area contributed by atoms with Gasteiger partial charge in [-0.2, -0.15) is 0 Å². The minimum absolute atomic E-state index is 0.0139. The van der Waals surface area contributed by atoms with Crippen molar-refractivity contribution in [1.29, 1.82) is 0 Å². The van der Waals surface area contributed by atoms with Gasteiger partial charge in [0.1, 0.15) is 0 Å². The van der Waals surface area contributed by atoms with Crippen molar-refractivity contribution in [3.8, 4) is 0 Å². The molecule has 39 valence electrons. The third-order valence-electron chi connectivity index (χ3n) is 1.16. The molecule has 1 atom stereocenters. The highest BCUT2D eigenvalue weighted by Gasteiger charge is 2.17. The van der Waals surface area contributed by atoms with Crippen LogP contribution >= 0.6 is 0 Å². The molecule has 1 radical (unpaired) electrons. The number of amides is 1. The van der Waals surface area contributed by atoms with Gasteiger partial charge in [0.25, 0.3) is 0 Å². The molecule has 1 amide bonds. The first-order valence-corrected chi connectivity index (χ1v) is 2.41. The summed E-state index contributed by atoms with van der Waals surface area (Å²) in [4.78, 5) is 10.4. The van der Waals surface area contributed by atoms with E-state index in [4.69, 9.17) is 0 Å². The molecule has 0 aliphatic carbocycles. The number of carbonyl (C=O) groups is 1. The highest BCUT2D eigenvalue weighted by Crippen LogP contribution is 2.04. The standard InChI is InChI=1S/C5H8NO/c1-4-2-3-6-5(4)7/h4H,1-3H2,(H,6,7). The summed E-state index contributed by atoms with van der Waals surface area (Å²) in [5.74, 6) is 0.111. The summed E-state index contributed by atoms with van der Waals surface area (Å²) in [6.45, 7) is 4.42. The Hall–Kier alpha value is -0.530. The van der Waals surface area contributed by atoms with E-state index in [0.29, 0.717) is 0 Å². The summed E-state index contributed by atoms with van der Waals surface area (Å²) in [5, 5.41) is 2.67. The number of nitrogens with one attached hydrogen (secondary N) is 1. The van der Waals surface area contributed by atoms with Crippen molar-refractivity contribution in [2.24, 2.45) is 5.92 Å². The third-order valence-corrected chi connectivity index (χ3v) is 1.16. The Balaban J connectivity index is 2.48. The van der Waals surface area contributed by atoms with Gasteiger partial charge >= 0.3 is 0 Å². The van der Waals surface area contributed by atoms with Crippen LogP contribution in [0.5, 0.6) is 0 Å². The van der Waals surface area contributed by atoms with Crippen LogP contribution in [0.4, 0.5) is 0 Å². The number of rotatable bonds is 0. The molecule has 0 saturated carbocycles. The topological polar surface area (TPSA) is 29.1 Å². The molecule has 0 aromatic carbocycles. The molecule has 2 heteroatoms. The van der Waals surface area contributed by atoms with Crippen LogP contribution in [-0.2, 0) is 4.79 Å². The van der Waals surface area contributed by atoms with Crippen molar-refractivity contribution in [3.63, 3.8) is 0 Å². The Morgan fingerprint density at radius 2 is 2.57 bits per heavy atom. The second kappa shape index (κ2) is 1.52. The Bertz CT molecular complexity index is 90.1. The fraction of sp³-hybridized carbons (Fsp3) is 0.600. The van der Waals surface area contributed by atoms with E-state index in [1.807, 2.05) is 0 Å². The lowest BCUT2D eigenvalue weighted by Gasteiger charge is -1.90. The van der Waals surface area contributed by atoms with Crippen molar-refractivity contribution in [3.05, 3.63) is 6.92 Å². The maximum Gasteiger partial charge on any atom is 0.223 e. The predicted molar refractivity (Wildman–Crippen MR) is 26.5 cm³/mol. The lowest BCUT2D eigenvalue weighted by atomic mass is 10.1. The summed E-state index contributed by atoms with van der Waals surface area (Å²) >= 11 is 0. The largest absolute Gasteiger partial charge is 0.356 e. The molecular formula is C5H8NO. The summed E-state index contributed by atoms with van der Waals surface area (Å²) in [5.41, 5.74) is 0. The molecule has 0 aromatic heterocycles. The smallest absolute Gasteiger partial charge is 0.223 e. The van der Waals surface area contributed by atoms with Crippen LogP contribution in [0.2, 0.25) is 0 Å². The molecule has 0 aromatic rings. The molecule has 1 aliphatic heterocycles. The first-order valence-electron chi connectivity index (χ1n) is 2.41. The van der Waals surface area contributed by atoms with Gasteiger partial charge in [0.2, 0.25) is 5.91 Å². The van der Waals surface area contributed by atoms with Crippen LogP contribution in [0, 0.1) is 12.8 Å². The fourth-order valence-electron chi connectivity index (χ4n) is 0.645. The predicted octanol–water partition coefficient (Wildman–Crippen LogP) is -0.0434. The Kier molecular flexibility index (Phi) is 1.01. The molecule has 7 heavy (non-hydrogen) atoms. The summed E-state index contributed by atoms with van der Waals surface area (Å²) in [7, 11) is 0. The van der Waals surface area contributed by atoms with Gasteiger partial charge < -0.3 is 5.32 Å². The van der Waals surface area contributed by atoms with Gasteiger partial charge in [-0.25, -0.2) is 0 Å². The second-order valence-corrected chi connectivity index (χ2v) is 1.78. The molecule has 1 heterocycles. The molecule has 0 spiro atoms. The Morgan fingerprint density at radius 1 is 1.86 bits per heavy atom. The van der Waals surface area contributed by atoms with Crippen LogP contribution in [-0.4, -0.2) is 12.5 Å². The first-order chi connectivity index (χ1) is 3.30. The maximum atomic E-state index is 10.4. The molecule has 1 unspecified atom stereocenters. The third kappa shape index (κ3) is 0.734. The molecule has 1 N–H and O–H groups in total. The van der Waals surface area contributed by atoms with E-state index in [1.54, 1.807) is 0 Å². The zero-order valence-corrected chi connectivity index (χ0v) is 4.11. The lowest BCUT2D eigenvalue weighted by Crippen LogP contribution is -2.17. The minimum Gasteiger partial charge on any atom is -0.356 e. The SMILES string of the molecule is [CH2]C1CCNC1=O. The highest BCUT2D eigenvalue weighted by molar-refractivity contribution is 5.81. The molecular weight excluding hydrogens is 90.1 g/mol. The van der Waals surface area contributed by atoms with Crippen molar-refractivity contribution in [1.82, 2.24) is 5.32 Å². The van der Waals surface area contributed by atoms with E-state index in [9.17, 15) is 4.79 Å². The maximum absolute atomic E-state index is 10.4. The molecule has 1 fully saturated rings. The van der Waals surface area contributed by atoms with Crippen LogP contribution in [0.3, 0.4) is 0 Å². The van der Waals surface area contributed by atoms with Gasteiger partial charge in [-0.1, -0.05) is 0 Å². The average Bonchev–Trinajstić information content (AvgIpc) is 1.91. The van der Waals surface area contributed by atoms with E-state index < -0.39 is 0 Å². The summed E-state index contributed by atoms with van der Waals surface area (Å²) < 4.78 is 0. The quantitative estimate of drug-likeness (QED) is 0.452. The minimum atomic E-state index is 0.0139. The zero-order chi connectivity index (χ0) is 5.28. The molecule has 0 bridgehead atoms. The fourth-order valence-corrected chi connectivity index (χ4v) is 0.645. The van der Waals surface area contributed by atoms with E-state index in [1.165, 1.54) is 0 Å². The van der Waals surface area contributed by atoms with Crippen LogP contribution in [0.1, 0.15) is 6.42 Å². The monoisotopic (exact) mass is 98.1 g/mol. The second-order valence-electron chi connectivity index (χ2n) is 1.78. The van der Waals surface area contributed by atoms with Gasteiger partial charge in [-0.05, 0) is 13.3 Å². The summed E-state index contributed by atoms with van der Waals surface area (Å²) in [6.07, 6.45) is 0.902. The van der Waals surface area contributed by atoms with Crippen molar-refractivity contribution in [2.45, 2.75) is 6.42 Å². The molecule has 2 nitrogen and oxygen atoms in total. The summed E-state index contributed by atoms with van der Waals surface area (Å²) in [6, 6.07) is 0. The highest BCUT2D eigenvalue weighted by atomic mass is 16.2. The van der Waals surface area contributed by atoms with E-state index in [0.717, 1.165) is 13.0 Å². The van der Waals surface area contributed by atoms with Crippen molar-refractivity contribution < 1.29 is 4.79 Å². The van der Waals surface area contributed by atoms with Gasteiger partial charge in [0.05, 0.1) is 0 Å². The Labute approximate surface area is 42.9 Å². The van der Waals surface area contributed by atoms with E-state index >= 15 is 0 Å². The number of carbonyl (C=O) groups excluding carboxylic acids is 1. The van der Waals surface area contributed by atoms with Crippen LogP contribution in [0.25, 0.3) is 0 Å². The van der Waals surface area contributed by atoms with Gasteiger partial charge in [-0.15, -0.1) is 0 Å². The number of hydrogen-bond donors (Lipinski definition) is 1. The molecule has 1 saturated heterocycles. The zero-order valence-electron chi connectivity index (χ0n) is 4.11. The number of hydrogen-bond acceptors (Lipinski definition) is 1. The first kappa shape index (κ1) is 4.62. The average molecular weight is 98.1 g/mol.